The van der Waals surface area contributed by atoms with Crippen molar-refractivity contribution in [2.45, 2.75) is 37.2 Å². The number of hydrogen-bond acceptors (Lipinski definition) is 3. The summed E-state index contributed by atoms with van der Waals surface area (Å²) in [5.41, 5.74) is 2.43. The Morgan fingerprint density at radius 3 is 3.00 bits per heavy atom. The van der Waals surface area contributed by atoms with Gasteiger partial charge in [-0.3, -0.25) is 0 Å². The molecule has 4 nitrogen and oxygen atoms in total. The Kier molecular flexibility index (Phi) is 4.61. The monoisotopic (exact) mass is 334 g/mol. The number of fused-ring (bicyclic) bond motifs is 2. The molecule has 126 valence electrons. The van der Waals surface area contributed by atoms with Crippen LogP contribution in [0.5, 0.6) is 0 Å². The summed E-state index contributed by atoms with van der Waals surface area (Å²) in [5.74, 6) is 1.15. The Morgan fingerprint density at radius 1 is 1.43 bits per heavy atom. The van der Waals surface area contributed by atoms with E-state index in [1.54, 1.807) is 18.7 Å². The predicted octanol–water partition coefficient (Wildman–Crippen LogP) is 2.30. The molecule has 0 aromatic heterocycles. The quantitative estimate of drug-likeness (QED) is 0.748. The summed E-state index contributed by atoms with van der Waals surface area (Å²) >= 11 is 1.57. The molecule has 0 heterocycles. The molecule has 3 atom stereocenters. The van der Waals surface area contributed by atoms with Crippen LogP contribution in [-0.4, -0.2) is 41.8 Å². The zero-order valence-corrected chi connectivity index (χ0v) is 14.7. The first-order valence-corrected chi connectivity index (χ1v) is 9.68. The van der Waals surface area contributed by atoms with E-state index in [2.05, 4.69) is 34.9 Å². The molecule has 1 aromatic rings. The minimum Gasteiger partial charge on any atom is -0.387 e. The van der Waals surface area contributed by atoms with Crippen molar-refractivity contribution in [2.75, 3.05) is 25.1 Å². The van der Waals surface area contributed by atoms with Crippen molar-refractivity contribution in [3.63, 3.8) is 0 Å². The van der Waals surface area contributed by atoms with Gasteiger partial charge in [-0.1, -0.05) is 24.3 Å². The molecule has 2 amide bonds. The van der Waals surface area contributed by atoms with Gasteiger partial charge in [0.05, 0.1) is 5.60 Å². The van der Waals surface area contributed by atoms with E-state index in [9.17, 15) is 9.90 Å². The molecule has 2 aliphatic carbocycles. The molecule has 3 rings (SSSR count). The van der Waals surface area contributed by atoms with Crippen LogP contribution in [0.3, 0.4) is 0 Å². The number of benzene rings is 1. The van der Waals surface area contributed by atoms with Crippen LogP contribution in [0.4, 0.5) is 4.79 Å². The van der Waals surface area contributed by atoms with Crippen LogP contribution < -0.4 is 10.6 Å². The van der Waals surface area contributed by atoms with Crippen molar-refractivity contribution in [2.24, 2.45) is 5.92 Å². The van der Waals surface area contributed by atoms with E-state index in [1.165, 1.54) is 24.0 Å². The van der Waals surface area contributed by atoms with E-state index in [0.29, 0.717) is 23.6 Å². The molecule has 5 heteroatoms. The number of thioether (sulfide) groups is 1. The SMILES string of the molecule is CSCC(C)(O)CNC(=O)NCC1CC12CCc1ccccc12. The molecule has 3 N–H and O–H groups in total. The maximum Gasteiger partial charge on any atom is 0.314 e. The Balaban J connectivity index is 1.45. The van der Waals surface area contributed by atoms with Gasteiger partial charge in [-0.05, 0) is 49.5 Å². The highest BCUT2D eigenvalue weighted by Gasteiger charge is 2.57. The maximum absolute atomic E-state index is 11.9. The minimum atomic E-state index is -0.859. The van der Waals surface area contributed by atoms with E-state index in [0.717, 1.165) is 6.42 Å². The fourth-order valence-electron chi connectivity index (χ4n) is 3.91. The number of carbonyl (C=O) groups is 1. The van der Waals surface area contributed by atoms with Gasteiger partial charge < -0.3 is 15.7 Å². The van der Waals surface area contributed by atoms with Gasteiger partial charge in [0, 0.05) is 24.3 Å². The minimum absolute atomic E-state index is 0.181. The number of urea groups is 1. The summed E-state index contributed by atoms with van der Waals surface area (Å²) in [7, 11) is 0. The highest BCUT2D eigenvalue weighted by molar-refractivity contribution is 7.98. The van der Waals surface area contributed by atoms with Gasteiger partial charge in [0.25, 0.3) is 0 Å². The van der Waals surface area contributed by atoms with Gasteiger partial charge >= 0.3 is 6.03 Å². The molecular formula is C18H26N2O2S. The second-order valence-electron chi connectivity index (χ2n) is 7.21. The zero-order chi connectivity index (χ0) is 16.5. The molecular weight excluding hydrogens is 308 g/mol. The van der Waals surface area contributed by atoms with Crippen LogP contribution in [-0.2, 0) is 11.8 Å². The smallest absolute Gasteiger partial charge is 0.314 e. The molecule has 0 aliphatic heterocycles. The van der Waals surface area contributed by atoms with Crippen LogP contribution in [0.15, 0.2) is 24.3 Å². The van der Waals surface area contributed by atoms with Crippen LogP contribution in [0.2, 0.25) is 0 Å². The van der Waals surface area contributed by atoms with E-state index in [4.69, 9.17) is 0 Å². The van der Waals surface area contributed by atoms with Crippen molar-refractivity contribution in [1.82, 2.24) is 10.6 Å². The van der Waals surface area contributed by atoms with Crippen molar-refractivity contribution in [3.8, 4) is 0 Å². The third-order valence-electron chi connectivity index (χ3n) is 5.22. The summed E-state index contributed by atoms with van der Waals surface area (Å²) in [5, 5.41) is 15.8. The third kappa shape index (κ3) is 3.50. The van der Waals surface area contributed by atoms with Crippen molar-refractivity contribution >= 4 is 17.8 Å². The van der Waals surface area contributed by atoms with Crippen LogP contribution in [0.25, 0.3) is 0 Å². The molecule has 2 aliphatic rings. The van der Waals surface area contributed by atoms with Crippen molar-refractivity contribution < 1.29 is 9.90 Å². The van der Waals surface area contributed by atoms with Crippen LogP contribution >= 0.6 is 11.8 Å². The first-order chi connectivity index (χ1) is 11.0. The highest BCUT2D eigenvalue weighted by Crippen LogP contribution is 2.61. The Morgan fingerprint density at radius 2 is 2.22 bits per heavy atom. The lowest BCUT2D eigenvalue weighted by molar-refractivity contribution is 0.0869. The van der Waals surface area contributed by atoms with E-state index in [1.807, 2.05) is 6.26 Å². The lowest BCUT2D eigenvalue weighted by Crippen LogP contribution is -2.46. The lowest BCUT2D eigenvalue weighted by atomic mass is 9.95. The molecule has 0 bridgehead atoms. The molecule has 1 spiro atoms. The van der Waals surface area contributed by atoms with Gasteiger partial charge in [0.2, 0.25) is 0 Å². The topological polar surface area (TPSA) is 61.4 Å². The summed E-state index contributed by atoms with van der Waals surface area (Å²) in [4.78, 5) is 11.9. The molecule has 1 aromatic carbocycles. The van der Waals surface area contributed by atoms with E-state index < -0.39 is 5.60 Å². The maximum atomic E-state index is 11.9. The average Bonchev–Trinajstić information content (AvgIpc) is 3.11. The average molecular weight is 334 g/mol. The summed E-state index contributed by atoms with van der Waals surface area (Å²) < 4.78 is 0. The number of carbonyl (C=O) groups excluding carboxylic acids is 1. The van der Waals surface area contributed by atoms with E-state index in [-0.39, 0.29) is 12.6 Å². The number of hydrogen-bond donors (Lipinski definition) is 3. The number of amides is 2. The van der Waals surface area contributed by atoms with Crippen molar-refractivity contribution in [1.29, 1.82) is 0 Å². The fraction of sp³-hybridized carbons (Fsp3) is 0.611. The Bertz CT molecular complexity index is 590. The second-order valence-corrected chi connectivity index (χ2v) is 8.07. The number of nitrogens with one attached hydrogen (secondary N) is 2. The molecule has 0 saturated heterocycles. The highest BCUT2D eigenvalue weighted by atomic mass is 32.2. The lowest BCUT2D eigenvalue weighted by Gasteiger charge is -2.22. The summed E-state index contributed by atoms with van der Waals surface area (Å²) in [6.07, 6.45) is 5.49. The third-order valence-corrected chi connectivity index (χ3v) is 6.13. The van der Waals surface area contributed by atoms with Crippen LogP contribution in [0, 0.1) is 5.92 Å². The van der Waals surface area contributed by atoms with Gasteiger partial charge in [-0.15, -0.1) is 0 Å². The predicted molar refractivity (Wildman–Crippen MR) is 95.0 cm³/mol. The second kappa shape index (κ2) is 6.36. The molecule has 3 unspecified atom stereocenters. The van der Waals surface area contributed by atoms with Gasteiger partial charge in [0.15, 0.2) is 0 Å². The number of aliphatic hydroxyl groups is 1. The molecule has 1 saturated carbocycles. The first kappa shape index (κ1) is 16.7. The van der Waals surface area contributed by atoms with Crippen molar-refractivity contribution in [3.05, 3.63) is 35.4 Å². The Labute approximate surface area is 142 Å². The molecule has 23 heavy (non-hydrogen) atoms. The van der Waals surface area contributed by atoms with Gasteiger partial charge in [0.1, 0.15) is 0 Å². The van der Waals surface area contributed by atoms with Gasteiger partial charge in [-0.25, -0.2) is 4.79 Å². The van der Waals surface area contributed by atoms with E-state index >= 15 is 0 Å². The molecule has 1 fully saturated rings. The van der Waals surface area contributed by atoms with Crippen LogP contribution in [0.1, 0.15) is 30.9 Å². The normalized spacial score (nSPS) is 27.3. The first-order valence-electron chi connectivity index (χ1n) is 8.28. The van der Waals surface area contributed by atoms with Gasteiger partial charge in [-0.2, -0.15) is 11.8 Å². The Hall–Kier alpha value is -1.20. The summed E-state index contributed by atoms with van der Waals surface area (Å²) in [6, 6.07) is 8.53. The number of aryl methyl sites for hydroxylation is 1. The fourth-order valence-corrected chi connectivity index (χ4v) is 4.64. The standard InChI is InChI=1S/C18H26N2O2S/c1-17(22,12-23-2)11-20-16(21)19-10-14-9-18(14)8-7-13-5-3-4-6-15(13)18/h3-6,14,22H,7-12H2,1-2H3,(H2,19,20,21). The molecule has 0 radical (unpaired) electrons. The largest absolute Gasteiger partial charge is 0.387 e. The summed E-state index contributed by atoms with van der Waals surface area (Å²) in [6.45, 7) is 2.73. The number of rotatable bonds is 6. The zero-order valence-electron chi connectivity index (χ0n) is 13.9.